The van der Waals surface area contributed by atoms with Gasteiger partial charge in [-0.1, -0.05) is 12.1 Å². The maximum atomic E-state index is 10.4. The first-order valence-electron chi connectivity index (χ1n) is 9.50. The van der Waals surface area contributed by atoms with E-state index in [2.05, 4.69) is 41.4 Å². The lowest BCUT2D eigenvalue weighted by molar-refractivity contribution is 0.186. The van der Waals surface area contributed by atoms with Crippen molar-refractivity contribution in [2.75, 3.05) is 33.2 Å². The van der Waals surface area contributed by atoms with Gasteiger partial charge in [0.25, 0.3) is 0 Å². The number of benzene rings is 1. The molecule has 3 N–H and O–H groups in total. The zero-order valence-corrected chi connectivity index (χ0v) is 17.1. The molecular weight excluding hydrogens is 328 g/mol. The quantitative estimate of drug-likeness (QED) is 0.439. The Morgan fingerprint density at radius 2 is 1.81 bits per heavy atom. The van der Waals surface area contributed by atoms with Gasteiger partial charge in [0.15, 0.2) is 5.96 Å². The minimum absolute atomic E-state index is 0.138. The van der Waals surface area contributed by atoms with Crippen molar-refractivity contribution in [1.82, 2.24) is 15.5 Å². The van der Waals surface area contributed by atoms with Gasteiger partial charge in [-0.25, -0.2) is 0 Å². The summed E-state index contributed by atoms with van der Waals surface area (Å²) in [5.74, 6) is 1.53. The standard InChI is InChI=1S/C20H36N4O2/c1-7-21-20(22-12-13-24(6)15(2)3)23-14-19(25)17-8-10-18(11-9-17)26-16(4)5/h8-11,15-16,19,25H,7,12-14H2,1-6H3,(H2,21,22,23). The van der Waals surface area contributed by atoms with Crippen LogP contribution in [0.1, 0.15) is 46.3 Å². The van der Waals surface area contributed by atoms with Crippen LogP contribution < -0.4 is 15.4 Å². The molecule has 1 atom stereocenters. The van der Waals surface area contributed by atoms with Crippen molar-refractivity contribution < 1.29 is 9.84 Å². The largest absolute Gasteiger partial charge is 0.491 e. The Morgan fingerprint density at radius 1 is 1.15 bits per heavy atom. The number of nitrogens with zero attached hydrogens (tertiary/aromatic N) is 2. The Hall–Kier alpha value is -1.79. The molecule has 1 rings (SSSR count). The predicted molar refractivity (Wildman–Crippen MR) is 109 cm³/mol. The Kier molecular flexibility index (Phi) is 10.1. The number of hydrogen-bond acceptors (Lipinski definition) is 4. The van der Waals surface area contributed by atoms with Crippen molar-refractivity contribution in [3.05, 3.63) is 29.8 Å². The van der Waals surface area contributed by atoms with E-state index in [1.54, 1.807) is 0 Å². The number of nitrogens with one attached hydrogen (secondary N) is 2. The van der Waals surface area contributed by atoms with Crippen molar-refractivity contribution in [2.24, 2.45) is 4.99 Å². The first-order chi connectivity index (χ1) is 12.3. The molecule has 0 saturated carbocycles. The number of ether oxygens (including phenoxy) is 1. The molecule has 0 aliphatic heterocycles. The summed E-state index contributed by atoms with van der Waals surface area (Å²) in [6.45, 7) is 13.2. The average Bonchev–Trinajstić information content (AvgIpc) is 2.59. The van der Waals surface area contributed by atoms with Crippen LogP contribution >= 0.6 is 0 Å². The predicted octanol–water partition coefficient (Wildman–Crippen LogP) is 2.40. The molecular formula is C20H36N4O2. The SMILES string of the molecule is CCNC(=NCC(O)c1ccc(OC(C)C)cc1)NCCN(C)C(C)C. The molecule has 0 heterocycles. The number of hydrogen-bond donors (Lipinski definition) is 3. The number of guanidine groups is 1. The fourth-order valence-electron chi connectivity index (χ4n) is 2.27. The molecule has 0 bridgehead atoms. The zero-order valence-electron chi connectivity index (χ0n) is 17.1. The van der Waals surface area contributed by atoms with Crippen LogP contribution in [-0.2, 0) is 0 Å². The summed E-state index contributed by atoms with van der Waals surface area (Å²) < 4.78 is 5.63. The maximum Gasteiger partial charge on any atom is 0.191 e. The topological polar surface area (TPSA) is 69.1 Å². The van der Waals surface area contributed by atoms with Crippen LogP contribution in [0, 0.1) is 0 Å². The zero-order chi connectivity index (χ0) is 19.5. The van der Waals surface area contributed by atoms with Crippen LogP contribution in [0.3, 0.4) is 0 Å². The maximum absolute atomic E-state index is 10.4. The summed E-state index contributed by atoms with van der Waals surface area (Å²) in [5, 5.41) is 16.9. The third-order valence-electron chi connectivity index (χ3n) is 4.04. The number of aliphatic hydroxyl groups excluding tert-OH is 1. The first-order valence-corrected chi connectivity index (χ1v) is 9.50. The molecule has 1 aromatic carbocycles. The molecule has 0 radical (unpaired) electrons. The number of likely N-dealkylation sites (N-methyl/N-ethyl adjacent to an activating group) is 1. The van der Waals surface area contributed by atoms with E-state index < -0.39 is 6.10 Å². The highest BCUT2D eigenvalue weighted by Crippen LogP contribution is 2.19. The summed E-state index contributed by atoms with van der Waals surface area (Å²) >= 11 is 0. The Labute approximate surface area is 158 Å². The molecule has 0 spiro atoms. The molecule has 6 heteroatoms. The lowest BCUT2D eigenvalue weighted by Crippen LogP contribution is -2.42. The van der Waals surface area contributed by atoms with Crippen LogP contribution in [0.25, 0.3) is 0 Å². The van der Waals surface area contributed by atoms with Gasteiger partial charge in [-0.2, -0.15) is 0 Å². The number of rotatable bonds is 10. The normalized spacial score (nSPS) is 13.4. The summed E-state index contributed by atoms with van der Waals surface area (Å²) in [6.07, 6.45) is -0.504. The van der Waals surface area contributed by atoms with E-state index in [1.807, 2.05) is 45.0 Å². The van der Waals surface area contributed by atoms with Crippen LogP contribution in [-0.4, -0.2) is 61.3 Å². The van der Waals surface area contributed by atoms with Crippen molar-refractivity contribution >= 4 is 5.96 Å². The third kappa shape index (κ3) is 8.54. The van der Waals surface area contributed by atoms with Gasteiger partial charge in [-0.3, -0.25) is 4.99 Å². The fraction of sp³-hybridized carbons (Fsp3) is 0.650. The molecule has 1 unspecified atom stereocenters. The van der Waals surface area contributed by atoms with Gasteiger partial charge in [0, 0.05) is 25.7 Å². The molecule has 0 aromatic heterocycles. The van der Waals surface area contributed by atoms with Gasteiger partial charge in [0.1, 0.15) is 5.75 Å². The third-order valence-corrected chi connectivity index (χ3v) is 4.04. The summed E-state index contributed by atoms with van der Waals surface area (Å²) in [5.41, 5.74) is 0.834. The fourth-order valence-corrected chi connectivity index (χ4v) is 2.27. The molecule has 26 heavy (non-hydrogen) atoms. The van der Waals surface area contributed by atoms with Crippen molar-refractivity contribution in [3.63, 3.8) is 0 Å². The van der Waals surface area contributed by atoms with Gasteiger partial charge in [-0.05, 0) is 59.4 Å². The van der Waals surface area contributed by atoms with Crippen LogP contribution in [0.4, 0.5) is 0 Å². The molecule has 0 amide bonds. The number of aliphatic imine (C=N–C) groups is 1. The van der Waals surface area contributed by atoms with Crippen molar-refractivity contribution in [2.45, 2.75) is 52.9 Å². The minimum Gasteiger partial charge on any atom is -0.491 e. The molecule has 0 saturated heterocycles. The molecule has 0 aliphatic carbocycles. The smallest absolute Gasteiger partial charge is 0.191 e. The Bertz CT molecular complexity index is 529. The lowest BCUT2D eigenvalue weighted by Gasteiger charge is -2.21. The van der Waals surface area contributed by atoms with E-state index in [4.69, 9.17) is 4.74 Å². The second-order valence-electron chi connectivity index (χ2n) is 6.97. The van der Waals surface area contributed by atoms with Gasteiger partial charge in [0.05, 0.1) is 18.8 Å². The van der Waals surface area contributed by atoms with Gasteiger partial charge in [-0.15, -0.1) is 0 Å². The molecule has 1 aromatic rings. The van der Waals surface area contributed by atoms with Gasteiger partial charge >= 0.3 is 0 Å². The van der Waals surface area contributed by atoms with Gasteiger partial charge < -0.3 is 25.4 Å². The Balaban J connectivity index is 2.56. The summed E-state index contributed by atoms with van der Waals surface area (Å²) in [7, 11) is 2.10. The monoisotopic (exact) mass is 364 g/mol. The Morgan fingerprint density at radius 3 is 2.35 bits per heavy atom. The van der Waals surface area contributed by atoms with Crippen LogP contribution in [0.2, 0.25) is 0 Å². The molecule has 0 aliphatic rings. The van der Waals surface area contributed by atoms with Crippen molar-refractivity contribution in [3.8, 4) is 5.75 Å². The number of aliphatic hydroxyl groups is 1. The van der Waals surface area contributed by atoms with E-state index in [9.17, 15) is 5.11 Å². The second kappa shape index (κ2) is 11.8. The minimum atomic E-state index is -0.642. The molecule has 6 nitrogen and oxygen atoms in total. The van der Waals surface area contributed by atoms with E-state index in [-0.39, 0.29) is 6.10 Å². The average molecular weight is 365 g/mol. The summed E-state index contributed by atoms with van der Waals surface area (Å²) in [6, 6.07) is 8.05. The van der Waals surface area contributed by atoms with E-state index in [1.165, 1.54) is 0 Å². The molecule has 148 valence electrons. The van der Waals surface area contributed by atoms with Gasteiger partial charge in [0.2, 0.25) is 0 Å². The van der Waals surface area contributed by atoms with E-state index in [0.29, 0.717) is 12.6 Å². The highest BCUT2D eigenvalue weighted by molar-refractivity contribution is 5.79. The highest BCUT2D eigenvalue weighted by Gasteiger charge is 2.09. The summed E-state index contributed by atoms with van der Waals surface area (Å²) in [4.78, 5) is 6.77. The van der Waals surface area contributed by atoms with Crippen LogP contribution in [0.15, 0.2) is 29.3 Å². The van der Waals surface area contributed by atoms with Crippen LogP contribution in [0.5, 0.6) is 5.75 Å². The lowest BCUT2D eigenvalue weighted by atomic mass is 10.1. The van der Waals surface area contributed by atoms with Crippen molar-refractivity contribution in [1.29, 1.82) is 0 Å². The highest BCUT2D eigenvalue weighted by atomic mass is 16.5. The van der Waals surface area contributed by atoms with E-state index >= 15 is 0 Å². The first kappa shape index (κ1) is 22.3. The molecule has 0 fully saturated rings. The second-order valence-corrected chi connectivity index (χ2v) is 6.97. The van der Waals surface area contributed by atoms with E-state index in [0.717, 1.165) is 36.9 Å².